The van der Waals surface area contributed by atoms with E-state index < -0.39 is 0 Å². The van der Waals surface area contributed by atoms with Crippen LogP contribution in [-0.4, -0.2) is 39.2 Å². The first-order valence-electron chi connectivity index (χ1n) is 7.00. The Bertz CT molecular complexity index is 408. The number of aromatic nitrogens is 2. The first-order chi connectivity index (χ1) is 9.78. The molecule has 0 aliphatic heterocycles. The quantitative estimate of drug-likeness (QED) is 0.819. The SMILES string of the molecule is CSCCC(=O)NC1CCC(Sc2ncccn2)CC1. The number of rotatable bonds is 6. The van der Waals surface area contributed by atoms with Gasteiger partial charge in [0.2, 0.25) is 5.91 Å². The Balaban J connectivity index is 1.68. The molecule has 1 aromatic rings. The lowest BCUT2D eigenvalue weighted by molar-refractivity contribution is -0.121. The number of carbonyl (C=O) groups is 1. The van der Waals surface area contributed by atoms with Crippen molar-refractivity contribution in [2.45, 2.75) is 48.6 Å². The Labute approximate surface area is 128 Å². The van der Waals surface area contributed by atoms with Crippen molar-refractivity contribution in [3.63, 3.8) is 0 Å². The van der Waals surface area contributed by atoms with E-state index in [1.807, 2.05) is 12.3 Å². The zero-order valence-corrected chi connectivity index (χ0v) is 13.4. The molecule has 0 spiro atoms. The first kappa shape index (κ1) is 15.6. The molecular formula is C14H21N3OS2. The van der Waals surface area contributed by atoms with Gasteiger partial charge in [0, 0.05) is 35.9 Å². The van der Waals surface area contributed by atoms with E-state index in [0.717, 1.165) is 36.6 Å². The molecule has 0 aromatic carbocycles. The summed E-state index contributed by atoms with van der Waals surface area (Å²) in [5, 5.41) is 4.59. The van der Waals surface area contributed by atoms with Crippen LogP contribution >= 0.6 is 23.5 Å². The average Bonchev–Trinajstić information content (AvgIpc) is 2.48. The van der Waals surface area contributed by atoms with Gasteiger partial charge in [-0.25, -0.2) is 9.97 Å². The van der Waals surface area contributed by atoms with E-state index in [-0.39, 0.29) is 5.91 Å². The Hall–Kier alpha value is -0.750. The van der Waals surface area contributed by atoms with Gasteiger partial charge in [0.25, 0.3) is 0 Å². The Kier molecular flexibility index (Phi) is 6.66. The molecule has 0 unspecified atom stereocenters. The molecular weight excluding hydrogens is 290 g/mol. The van der Waals surface area contributed by atoms with Gasteiger partial charge in [-0.3, -0.25) is 4.79 Å². The summed E-state index contributed by atoms with van der Waals surface area (Å²) in [5.41, 5.74) is 0. The van der Waals surface area contributed by atoms with E-state index in [4.69, 9.17) is 0 Å². The summed E-state index contributed by atoms with van der Waals surface area (Å²) in [6.07, 6.45) is 10.6. The summed E-state index contributed by atoms with van der Waals surface area (Å²) in [7, 11) is 0. The van der Waals surface area contributed by atoms with Crippen molar-refractivity contribution in [3.05, 3.63) is 18.5 Å². The minimum absolute atomic E-state index is 0.196. The molecule has 0 radical (unpaired) electrons. The maximum absolute atomic E-state index is 11.7. The molecule has 6 heteroatoms. The number of hydrogen-bond donors (Lipinski definition) is 1. The van der Waals surface area contributed by atoms with Crippen LogP contribution < -0.4 is 5.32 Å². The molecule has 0 atom stereocenters. The molecule has 1 aliphatic carbocycles. The highest BCUT2D eigenvalue weighted by atomic mass is 32.2. The predicted molar refractivity (Wildman–Crippen MR) is 85.1 cm³/mol. The van der Waals surface area contributed by atoms with Gasteiger partial charge in [-0.05, 0) is 38.0 Å². The van der Waals surface area contributed by atoms with Crippen molar-refractivity contribution in [2.75, 3.05) is 12.0 Å². The standard InChI is InChI=1S/C14H21N3OS2/c1-19-10-7-13(18)17-11-3-5-12(6-4-11)20-14-15-8-2-9-16-14/h2,8-9,11-12H,3-7,10H2,1H3,(H,17,18). The van der Waals surface area contributed by atoms with Gasteiger partial charge in [-0.1, -0.05) is 11.8 Å². The topological polar surface area (TPSA) is 54.9 Å². The van der Waals surface area contributed by atoms with Crippen LogP contribution in [0.25, 0.3) is 0 Å². The van der Waals surface area contributed by atoms with Gasteiger partial charge >= 0.3 is 0 Å². The molecule has 1 aromatic heterocycles. The molecule has 1 heterocycles. The second-order valence-corrected chi connectivity index (χ2v) is 7.19. The van der Waals surface area contributed by atoms with Crippen molar-refractivity contribution in [1.29, 1.82) is 0 Å². The van der Waals surface area contributed by atoms with Crippen molar-refractivity contribution in [3.8, 4) is 0 Å². The second kappa shape index (κ2) is 8.52. The van der Waals surface area contributed by atoms with Gasteiger partial charge in [-0.15, -0.1) is 0 Å². The molecule has 4 nitrogen and oxygen atoms in total. The lowest BCUT2D eigenvalue weighted by Gasteiger charge is -2.28. The molecule has 1 amide bonds. The number of carbonyl (C=O) groups excluding carboxylic acids is 1. The van der Waals surface area contributed by atoms with Crippen molar-refractivity contribution >= 4 is 29.4 Å². The molecule has 1 fully saturated rings. The number of nitrogens with one attached hydrogen (secondary N) is 1. The average molecular weight is 311 g/mol. The summed E-state index contributed by atoms with van der Waals surface area (Å²) in [6, 6.07) is 2.20. The maximum Gasteiger partial charge on any atom is 0.221 e. The highest BCUT2D eigenvalue weighted by molar-refractivity contribution is 7.99. The maximum atomic E-state index is 11.7. The van der Waals surface area contributed by atoms with Crippen LogP contribution in [0.15, 0.2) is 23.6 Å². The largest absolute Gasteiger partial charge is 0.353 e. The third-order valence-electron chi connectivity index (χ3n) is 3.39. The second-order valence-electron chi connectivity index (χ2n) is 4.93. The Morgan fingerprint density at radius 3 is 2.65 bits per heavy atom. The highest BCUT2D eigenvalue weighted by Crippen LogP contribution is 2.31. The smallest absolute Gasteiger partial charge is 0.221 e. The van der Waals surface area contributed by atoms with Gasteiger partial charge in [-0.2, -0.15) is 11.8 Å². The number of amides is 1. The van der Waals surface area contributed by atoms with Crippen LogP contribution in [0.4, 0.5) is 0 Å². The van der Waals surface area contributed by atoms with Crippen LogP contribution in [-0.2, 0) is 4.79 Å². The predicted octanol–water partition coefficient (Wildman–Crippen LogP) is 2.75. The third-order valence-corrected chi connectivity index (χ3v) is 5.23. The van der Waals surface area contributed by atoms with Gasteiger partial charge in [0.1, 0.15) is 0 Å². The monoisotopic (exact) mass is 311 g/mol. The van der Waals surface area contributed by atoms with Crippen molar-refractivity contribution in [2.24, 2.45) is 0 Å². The first-order valence-corrected chi connectivity index (χ1v) is 9.27. The van der Waals surface area contributed by atoms with Crippen LogP contribution in [0, 0.1) is 0 Å². The Morgan fingerprint density at radius 1 is 1.30 bits per heavy atom. The molecule has 110 valence electrons. The lowest BCUT2D eigenvalue weighted by atomic mass is 9.95. The van der Waals surface area contributed by atoms with Crippen molar-refractivity contribution in [1.82, 2.24) is 15.3 Å². The van der Waals surface area contributed by atoms with Crippen molar-refractivity contribution < 1.29 is 4.79 Å². The normalized spacial score (nSPS) is 22.4. The van der Waals surface area contributed by atoms with Crippen LogP contribution in [0.1, 0.15) is 32.1 Å². The third kappa shape index (κ3) is 5.32. The van der Waals surface area contributed by atoms with Gasteiger partial charge in [0.05, 0.1) is 0 Å². The number of hydrogen-bond acceptors (Lipinski definition) is 5. The lowest BCUT2D eigenvalue weighted by Crippen LogP contribution is -2.38. The molecule has 0 saturated heterocycles. The molecule has 20 heavy (non-hydrogen) atoms. The van der Waals surface area contributed by atoms with E-state index in [9.17, 15) is 4.79 Å². The molecule has 2 rings (SSSR count). The fraction of sp³-hybridized carbons (Fsp3) is 0.643. The summed E-state index contributed by atoms with van der Waals surface area (Å²) in [6.45, 7) is 0. The van der Waals surface area contributed by atoms with E-state index in [1.165, 1.54) is 0 Å². The molecule has 1 aliphatic rings. The summed E-state index contributed by atoms with van der Waals surface area (Å²) in [4.78, 5) is 20.2. The molecule has 1 N–H and O–H groups in total. The van der Waals surface area contributed by atoms with E-state index in [0.29, 0.717) is 17.7 Å². The zero-order chi connectivity index (χ0) is 14.2. The number of nitrogens with zero attached hydrogens (tertiary/aromatic N) is 2. The Morgan fingerprint density at radius 2 is 2.00 bits per heavy atom. The van der Waals surface area contributed by atoms with Gasteiger partial charge < -0.3 is 5.32 Å². The van der Waals surface area contributed by atoms with E-state index in [2.05, 4.69) is 15.3 Å². The van der Waals surface area contributed by atoms with E-state index >= 15 is 0 Å². The van der Waals surface area contributed by atoms with E-state index in [1.54, 1.807) is 35.9 Å². The molecule has 1 saturated carbocycles. The minimum atomic E-state index is 0.196. The zero-order valence-electron chi connectivity index (χ0n) is 11.7. The number of thioether (sulfide) groups is 2. The minimum Gasteiger partial charge on any atom is -0.353 e. The summed E-state index contributed by atoms with van der Waals surface area (Å²) in [5.74, 6) is 1.10. The fourth-order valence-electron chi connectivity index (χ4n) is 2.31. The fourth-order valence-corrected chi connectivity index (χ4v) is 3.75. The van der Waals surface area contributed by atoms with Crippen LogP contribution in [0.5, 0.6) is 0 Å². The van der Waals surface area contributed by atoms with Crippen LogP contribution in [0.3, 0.4) is 0 Å². The van der Waals surface area contributed by atoms with Gasteiger partial charge in [0.15, 0.2) is 5.16 Å². The van der Waals surface area contributed by atoms with Crippen LogP contribution in [0.2, 0.25) is 0 Å². The highest BCUT2D eigenvalue weighted by Gasteiger charge is 2.23. The summed E-state index contributed by atoms with van der Waals surface area (Å²) < 4.78 is 0. The summed E-state index contributed by atoms with van der Waals surface area (Å²) >= 11 is 3.48. The molecule has 0 bridgehead atoms.